The molecule has 3 nitrogen and oxygen atoms in total. The quantitative estimate of drug-likeness (QED) is 0.0548. The third kappa shape index (κ3) is 5.66. The van der Waals surface area contributed by atoms with Crippen molar-refractivity contribution in [1.29, 1.82) is 0 Å². The first-order chi connectivity index (χ1) is 20.9. The van der Waals surface area contributed by atoms with Crippen LogP contribution in [-0.2, 0) is 0 Å². The highest BCUT2D eigenvalue weighted by Crippen LogP contribution is 2.39. The first-order valence-corrected chi connectivity index (χ1v) is 13.8. The monoisotopic (exact) mass is 630 g/mol. The Bertz CT molecular complexity index is 1620. The fourth-order valence-electron chi connectivity index (χ4n) is 5.37. The van der Waals surface area contributed by atoms with Gasteiger partial charge in [0.15, 0.2) is 46.5 Å². The zero-order valence-corrected chi connectivity index (χ0v) is 23.4. The summed E-state index contributed by atoms with van der Waals surface area (Å²) in [6, 6.07) is 4.73. The van der Waals surface area contributed by atoms with E-state index in [1.165, 1.54) is 18.3 Å². The summed E-state index contributed by atoms with van der Waals surface area (Å²) in [6.45, 7) is 2.93. The molecule has 0 fully saturated rings. The molecule has 4 aromatic rings. The number of halogens is 10. The van der Waals surface area contributed by atoms with E-state index in [-0.39, 0.29) is 24.0 Å². The van der Waals surface area contributed by atoms with E-state index in [4.69, 9.17) is 0 Å². The van der Waals surface area contributed by atoms with Gasteiger partial charge in [0.1, 0.15) is 5.56 Å². The molecular formula is C30H25BF10N2O. The molecule has 1 N–H and O–H groups in total. The minimum Gasteiger partial charge on any atom is -0.386 e. The summed E-state index contributed by atoms with van der Waals surface area (Å²) >= 11 is 0. The van der Waals surface area contributed by atoms with Gasteiger partial charge < -0.3 is 9.46 Å². The number of aromatic amines is 1. The Morgan fingerprint density at radius 2 is 1.18 bits per heavy atom. The molecular weight excluding hydrogens is 605 g/mol. The highest BCUT2D eigenvalue weighted by Gasteiger charge is 2.38. The highest BCUT2D eigenvalue weighted by molar-refractivity contribution is 6.58. The third-order valence-electron chi connectivity index (χ3n) is 7.53. The molecule has 0 saturated heterocycles. The maximum atomic E-state index is 15.3. The minimum absolute atomic E-state index is 0.0764. The number of carbonyl (C=O) groups excluding carboxylic acids is 1. The molecule has 1 atom stereocenters. The van der Waals surface area contributed by atoms with Gasteiger partial charge in [-0.05, 0) is 24.3 Å². The van der Waals surface area contributed by atoms with Crippen LogP contribution in [0.15, 0.2) is 30.5 Å². The number of carbonyl (C=O) groups is 1. The zero-order valence-electron chi connectivity index (χ0n) is 23.4. The third-order valence-corrected chi connectivity index (χ3v) is 7.53. The second kappa shape index (κ2) is 13.4. The smallest absolute Gasteiger partial charge is 0.260 e. The molecule has 0 aliphatic carbocycles. The van der Waals surface area contributed by atoms with Gasteiger partial charge in [-0.15, -0.1) is 0 Å². The fraction of sp³-hybridized carbons (Fsp3) is 0.300. The molecule has 234 valence electrons. The number of hydrogen-bond acceptors (Lipinski definition) is 1. The van der Waals surface area contributed by atoms with E-state index >= 15 is 8.78 Å². The molecule has 14 heteroatoms. The lowest BCUT2D eigenvalue weighted by molar-refractivity contribution is 0.102. The topological polar surface area (TPSA) is 37.8 Å². The van der Waals surface area contributed by atoms with Crippen LogP contribution in [0, 0.1) is 58.2 Å². The van der Waals surface area contributed by atoms with Crippen LogP contribution in [0.5, 0.6) is 0 Å². The van der Waals surface area contributed by atoms with E-state index in [2.05, 4.69) is 4.98 Å². The number of rotatable bonds is 12. The van der Waals surface area contributed by atoms with Gasteiger partial charge in [0.25, 0.3) is 6.85 Å². The Morgan fingerprint density at radius 1 is 0.705 bits per heavy atom. The summed E-state index contributed by atoms with van der Waals surface area (Å²) < 4.78 is 146. The van der Waals surface area contributed by atoms with E-state index in [0.29, 0.717) is 25.7 Å². The van der Waals surface area contributed by atoms with Crippen LogP contribution >= 0.6 is 0 Å². The Balaban J connectivity index is 2.09. The first kappa shape index (κ1) is 32.9. The molecule has 44 heavy (non-hydrogen) atoms. The minimum atomic E-state index is -2.48. The van der Waals surface area contributed by atoms with Gasteiger partial charge in [0.2, 0.25) is 17.4 Å². The molecule has 0 aliphatic rings. The molecule has 0 amide bonds. The molecule has 2 heterocycles. The van der Waals surface area contributed by atoms with E-state index < -0.39 is 93.5 Å². The summed E-state index contributed by atoms with van der Waals surface area (Å²) in [5.74, 6) is -26.5. The number of unbranched alkanes of at least 4 members (excludes halogenated alkanes) is 2. The maximum absolute atomic E-state index is 15.3. The Hall–Kier alpha value is -3.97. The van der Waals surface area contributed by atoms with Crippen LogP contribution in [0.1, 0.15) is 78.5 Å². The highest BCUT2D eigenvalue weighted by atomic mass is 19.2. The number of H-pyrrole nitrogens is 1. The van der Waals surface area contributed by atoms with Crippen molar-refractivity contribution >= 4 is 12.6 Å². The molecule has 0 aliphatic heterocycles. The van der Waals surface area contributed by atoms with Crippen molar-refractivity contribution in [1.82, 2.24) is 9.46 Å². The molecule has 1 unspecified atom stereocenters. The van der Waals surface area contributed by atoms with E-state index in [0.717, 1.165) is 16.6 Å². The summed E-state index contributed by atoms with van der Waals surface area (Å²) in [6.07, 6.45) is 4.15. The van der Waals surface area contributed by atoms with E-state index in [1.807, 2.05) is 13.8 Å². The van der Waals surface area contributed by atoms with Crippen LogP contribution in [0.4, 0.5) is 43.9 Å². The van der Waals surface area contributed by atoms with Gasteiger partial charge in [-0.1, -0.05) is 52.2 Å². The fourth-order valence-corrected chi connectivity index (χ4v) is 5.37. The standard InChI is InChI=1S/C30H25BF10N2O/c1-3-5-11-31(12-6-4-2)43-15(9-10-16(43)30(44)19-22(34)26(38)29(41)27(39)23(19)35)17(14-8-7-13-42-14)18-20(32)24(36)28(40)25(37)21(18)33/h7-10,13,17,42H,3-6,11-12H2,1-2H3. The van der Waals surface area contributed by atoms with Crippen LogP contribution in [0.25, 0.3) is 0 Å². The molecule has 2 aromatic carbocycles. The molecule has 0 saturated carbocycles. The molecule has 2 aromatic heterocycles. The van der Waals surface area contributed by atoms with Crippen molar-refractivity contribution in [2.24, 2.45) is 0 Å². The molecule has 0 radical (unpaired) electrons. The van der Waals surface area contributed by atoms with Crippen LogP contribution in [-0.4, -0.2) is 22.1 Å². The number of hydrogen-bond donors (Lipinski definition) is 1. The van der Waals surface area contributed by atoms with E-state index in [9.17, 15) is 39.9 Å². The van der Waals surface area contributed by atoms with Gasteiger partial charge in [-0.2, -0.15) is 0 Å². The van der Waals surface area contributed by atoms with Gasteiger partial charge in [0, 0.05) is 23.1 Å². The SMILES string of the molecule is CCCCB(CCCC)n1c(C(=O)c2c(F)c(F)c(F)c(F)c2F)ccc1C(c1ccc[nH]1)c1c(F)c(F)c(F)c(F)c1F. The largest absolute Gasteiger partial charge is 0.386 e. The Morgan fingerprint density at radius 3 is 1.64 bits per heavy atom. The molecule has 0 bridgehead atoms. The number of nitrogens with zero attached hydrogens (tertiary/aromatic N) is 1. The average molecular weight is 630 g/mol. The lowest BCUT2D eigenvalue weighted by Crippen LogP contribution is -2.32. The van der Waals surface area contributed by atoms with Crippen molar-refractivity contribution in [3.63, 3.8) is 0 Å². The zero-order chi connectivity index (χ0) is 32.5. The number of benzene rings is 2. The molecule has 0 spiro atoms. The summed E-state index contributed by atoms with van der Waals surface area (Å²) in [4.78, 5) is 16.3. The average Bonchev–Trinajstić information content (AvgIpc) is 3.70. The van der Waals surface area contributed by atoms with Crippen LogP contribution < -0.4 is 0 Å². The lowest BCUT2D eigenvalue weighted by Gasteiger charge is -2.27. The number of nitrogens with one attached hydrogen (secondary N) is 1. The second-order valence-corrected chi connectivity index (χ2v) is 10.3. The Kier molecular flexibility index (Phi) is 9.99. The summed E-state index contributed by atoms with van der Waals surface area (Å²) in [5, 5.41) is 0. The number of ketones is 1. The van der Waals surface area contributed by atoms with Crippen LogP contribution in [0.3, 0.4) is 0 Å². The maximum Gasteiger partial charge on any atom is 0.260 e. The van der Waals surface area contributed by atoms with Crippen molar-refractivity contribution in [3.05, 3.63) is 117 Å². The summed E-state index contributed by atoms with van der Waals surface area (Å²) in [5.41, 5.74) is -3.94. The lowest BCUT2D eigenvalue weighted by atomic mass is 9.53. The second-order valence-electron chi connectivity index (χ2n) is 10.3. The van der Waals surface area contributed by atoms with Crippen molar-refractivity contribution in [2.45, 2.75) is 58.1 Å². The van der Waals surface area contributed by atoms with Gasteiger partial charge in [-0.3, -0.25) is 4.79 Å². The number of aromatic nitrogens is 2. The van der Waals surface area contributed by atoms with Gasteiger partial charge in [-0.25, -0.2) is 43.9 Å². The summed E-state index contributed by atoms with van der Waals surface area (Å²) in [7, 11) is 0. The van der Waals surface area contributed by atoms with Gasteiger partial charge in [0.05, 0.1) is 11.6 Å². The molecule has 4 rings (SSSR count). The van der Waals surface area contributed by atoms with Crippen molar-refractivity contribution in [3.8, 4) is 0 Å². The van der Waals surface area contributed by atoms with Crippen LogP contribution in [0.2, 0.25) is 12.6 Å². The first-order valence-electron chi connectivity index (χ1n) is 13.8. The predicted molar refractivity (Wildman–Crippen MR) is 143 cm³/mol. The Labute approximate surface area is 246 Å². The van der Waals surface area contributed by atoms with Crippen molar-refractivity contribution < 1.29 is 48.7 Å². The normalized spacial score (nSPS) is 12.2. The van der Waals surface area contributed by atoms with Crippen molar-refractivity contribution in [2.75, 3.05) is 0 Å². The van der Waals surface area contributed by atoms with Gasteiger partial charge >= 0.3 is 0 Å². The van der Waals surface area contributed by atoms with E-state index in [1.54, 1.807) is 0 Å². The predicted octanol–water partition coefficient (Wildman–Crippen LogP) is 9.06.